The van der Waals surface area contributed by atoms with E-state index in [0.717, 1.165) is 16.8 Å². The molecule has 0 aliphatic carbocycles. The zero-order valence-electron chi connectivity index (χ0n) is 16.2. The minimum Gasteiger partial charge on any atom is -0.308 e. The lowest BCUT2D eigenvalue weighted by molar-refractivity contribution is 0.262. The Morgan fingerprint density at radius 3 is 2.70 bits per heavy atom. The fourth-order valence-corrected chi connectivity index (χ4v) is 4.58. The van der Waals surface area contributed by atoms with E-state index < -0.39 is 0 Å². The van der Waals surface area contributed by atoms with Crippen molar-refractivity contribution < 1.29 is 4.79 Å². The lowest BCUT2D eigenvalue weighted by atomic mass is 10.1. The first-order valence-corrected chi connectivity index (χ1v) is 10.9. The number of nitrogens with zero attached hydrogens (tertiary/aromatic N) is 4. The van der Waals surface area contributed by atoms with E-state index in [2.05, 4.69) is 25.8 Å². The van der Waals surface area contributed by atoms with Crippen molar-refractivity contribution >= 4 is 45.6 Å². The molecule has 8 nitrogen and oxygen atoms in total. The summed E-state index contributed by atoms with van der Waals surface area (Å²) < 4.78 is 2.17. The molecule has 152 valence electrons. The number of thioether (sulfide) groups is 1. The molecule has 30 heavy (non-hydrogen) atoms. The molecule has 2 N–H and O–H groups in total. The quantitative estimate of drug-likeness (QED) is 0.359. The van der Waals surface area contributed by atoms with Gasteiger partial charge in [-0.25, -0.2) is 9.78 Å². The number of urea groups is 1. The van der Waals surface area contributed by atoms with Crippen LogP contribution in [0.4, 0.5) is 15.6 Å². The van der Waals surface area contributed by atoms with Gasteiger partial charge in [-0.2, -0.15) is 0 Å². The number of amides is 2. The molecule has 3 aromatic heterocycles. The number of aryl methyl sites for hydroxylation is 2. The number of hydrogen-bond donors (Lipinski definition) is 2. The van der Waals surface area contributed by atoms with Gasteiger partial charge in [0.1, 0.15) is 5.65 Å². The number of pyridine rings is 1. The van der Waals surface area contributed by atoms with Crippen LogP contribution in [0.2, 0.25) is 0 Å². The fourth-order valence-electron chi connectivity index (χ4n) is 2.94. The molecule has 0 saturated carbocycles. The third-order valence-electron chi connectivity index (χ3n) is 4.07. The molecule has 0 fully saturated rings. The van der Waals surface area contributed by atoms with E-state index in [1.54, 1.807) is 18.3 Å². The Morgan fingerprint density at radius 2 is 1.90 bits per heavy atom. The third-order valence-corrected chi connectivity index (χ3v) is 6.08. The van der Waals surface area contributed by atoms with Gasteiger partial charge in [-0.1, -0.05) is 35.2 Å². The molecule has 0 unspecified atom stereocenters. The van der Waals surface area contributed by atoms with Gasteiger partial charge in [-0.05, 0) is 49.2 Å². The summed E-state index contributed by atoms with van der Waals surface area (Å²) in [5.74, 6) is 0.476. The molecule has 3 heterocycles. The summed E-state index contributed by atoms with van der Waals surface area (Å²) in [5, 5.41) is 14.0. The fraction of sp³-hybridized carbons (Fsp3) is 0.150. The second kappa shape index (κ2) is 8.64. The Bertz CT molecular complexity index is 1260. The first-order valence-electron chi connectivity index (χ1n) is 9.06. The average Bonchev–Trinajstić information content (AvgIpc) is 3.12. The number of rotatable bonds is 5. The van der Waals surface area contributed by atoms with Gasteiger partial charge in [0.05, 0.1) is 5.69 Å². The van der Waals surface area contributed by atoms with E-state index >= 15 is 0 Å². The van der Waals surface area contributed by atoms with Crippen LogP contribution in [0.25, 0.3) is 5.65 Å². The predicted octanol–water partition coefficient (Wildman–Crippen LogP) is 4.10. The summed E-state index contributed by atoms with van der Waals surface area (Å²) in [6, 6.07) is 12.4. The molecule has 1 aromatic carbocycles. The largest absolute Gasteiger partial charge is 0.325 e. The van der Waals surface area contributed by atoms with E-state index in [1.165, 1.54) is 33.6 Å². The highest BCUT2D eigenvalue weighted by molar-refractivity contribution is 8.00. The Balaban J connectivity index is 1.37. The topological polar surface area (TPSA) is 101 Å². The normalized spacial score (nSPS) is 10.9. The van der Waals surface area contributed by atoms with Gasteiger partial charge < -0.3 is 5.32 Å². The highest BCUT2D eigenvalue weighted by atomic mass is 32.2. The molecule has 0 atom stereocenters. The van der Waals surface area contributed by atoms with Crippen LogP contribution >= 0.6 is 23.1 Å². The van der Waals surface area contributed by atoms with Gasteiger partial charge in [-0.3, -0.25) is 14.5 Å². The van der Waals surface area contributed by atoms with Crippen LogP contribution in [-0.2, 0) is 5.75 Å². The van der Waals surface area contributed by atoms with Gasteiger partial charge in [-0.15, -0.1) is 10.2 Å². The summed E-state index contributed by atoms with van der Waals surface area (Å²) in [6.07, 6.45) is 1.69. The second-order valence-corrected chi connectivity index (χ2v) is 8.83. The SMILES string of the molecule is Cc1cc(C)cc(NC(=O)Nc2nnc(SCc3cc(=O)n4ccccc4n3)s2)c1. The van der Waals surface area contributed by atoms with Crippen molar-refractivity contribution in [2.75, 3.05) is 10.6 Å². The highest BCUT2D eigenvalue weighted by Gasteiger charge is 2.10. The van der Waals surface area contributed by atoms with Crippen LogP contribution in [0.1, 0.15) is 16.8 Å². The molecule has 10 heteroatoms. The number of carbonyl (C=O) groups is 1. The maximum atomic E-state index is 12.2. The molecule has 0 aliphatic heterocycles. The minimum absolute atomic E-state index is 0.126. The molecule has 2 amide bonds. The van der Waals surface area contributed by atoms with E-state index in [0.29, 0.717) is 26.6 Å². The van der Waals surface area contributed by atoms with Crippen molar-refractivity contribution in [3.63, 3.8) is 0 Å². The van der Waals surface area contributed by atoms with Gasteiger partial charge in [0.2, 0.25) is 5.13 Å². The summed E-state index contributed by atoms with van der Waals surface area (Å²) in [6.45, 7) is 3.95. The van der Waals surface area contributed by atoms with E-state index in [-0.39, 0.29) is 11.6 Å². The Morgan fingerprint density at radius 1 is 1.10 bits per heavy atom. The van der Waals surface area contributed by atoms with Crippen molar-refractivity contribution in [1.82, 2.24) is 19.6 Å². The Labute approximate surface area is 180 Å². The molecule has 4 aromatic rings. The maximum Gasteiger partial charge on any atom is 0.325 e. The molecule has 0 saturated heterocycles. The minimum atomic E-state index is -0.378. The smallest absolute Gasteiger partial charge is 0.308 e. The summed E-state index contributed by atoms with van der Waals surface area (Å²) in [4.78, 5) is 28.9. The highest BCUT2D eigenvalue weighted by Crippen LogP contribution is 2.28. The van der Waals surface area contributed by atoms with Gasteiger partial charge in [0.25, 0.3) is 5.56 Å². The number of aromatic nitrogens is 4. The zero-order valence-corrected chi connectivity index (χ0v) is 17.9. The summed E-state index contributed by atoms with van der Waals surface area (Å²) >= 11 is 2.67. The van der Waals surface area contributed by atoms with Crippen molar-refractivity contribution in [3.05, 3.63) is 75.8 Å². The van der Waals surface area contributed by atoms with Crippen molar-refractivity contribution in [1.29, 1.82) is 0 Å². The first-order chi connectivity index (χ1) is 14.5. The number of nitrogens with one attached hydrogen (secondary N) is 2. The molecule has 0 aliphatic rings. The predicted molar refractivity (Wildman–Crippen MR) is 119 cm³/mol. The summed E-state index contributed by atoms with van der Waals surface area (Å²) in [5.41, 5.74) is 4.00. The molecular weight excluding hydrogens is 420 g/mol. The number of carbonyl (C=O) groups excluding carboxylic acids is 1. The lowest BCUT2D eigenvalue weighted by Gasteiger charge is -2.07. The number of anilines is 2. The van der Waals surface area contributed by atoms with Crippen LogP contribution in [0, 0.1) is 13.8 Å². The van der Waals surface area contributed by atoms with E-state index in [1.807, 2.05) is 38.1 Å². The van der Waals surface area contributed by atoms with Gasteiger partial charge in [0, 0.05) is 23.7 Å². The van der Waals surface area contributed by atoms with Crippen LogP contribution in [0.3, 0.4) is 0 Å². The number of fused-ring (bicyclic) bond motifs is 1. The van der Waals surface area contributed by atoms with Crippen LogP contribution in [0.15, 0.2) is 57.8 Å². The van der Waals surface area contributed by atoms with Crippen LogP contribution < -0.4 is 16.2 Å². The maximum absolute atomic E-state index is 12.2. The molecule has 0 bridgehead atoms. The summed E-state index contributed by atoms with van der Waals surface area (Å²) in [7, 11) is 0. The third kappa shape index (κ3) is 4.84. The number of hydrogen-bond acceptors (Lipinski definition) is 7. The van der Waals surface area contributed by atoms with Crippen molar-refractivity contribution in [2.45, 2.75) is 23.9 Å². The van der Waals surface area contributed by atoms with E-state index in [4.69, 9.17) is 0 Å². The second-order valence-electron chi connectivity index (χ2n) is 6.63. The Hall–Kier alpha value is -3.24. The molecular formula is C20H18N6O2S2. The van der Waals surface area contributed by atoms with Crippen LogP contribution in [-0.4, -0.2) is 25.6 Å². The van der Waals surface area contributed by atoms with E-state index in [9.17, 15) is 9.59 Å². The Kier molecular flexibility index (Phi) is 5.77. The molecule has 0 spiro atoms. The first kappa shape index (κ1) is 20.0. The van der Waals surface area contributed by atoms with Gasteiger partial charge >= 0.3 is 6.03 Å². The van der Waals surface area contributed by atoms with Crippen LogP contribution in [0.5, 0.6) is 0 Å². The molecule has 4 rings (SSSR count). The average molecular weight is 439 g/mol. The molecule has 0 radical (unpaired) electrons. The number of benzene rings is 1. The lowest BCUT2D eigenvalue weighted by Crippen LogP contribution is -2.19. The van der Waals surface area contributed by atoms with Crippen molar-refractivity contribution in [3.8, 4) is 0 Å². The monoisotopic (exact) mass is 438 g/mol. The van der Waals surface area contributed by atoms with Crippen molar-refractivity contribution in [2.24, 2.45) is 0 Å². The zero-order chi connectivity index (χ0) is 21.1. The standard InChI is InChI=1S/C20H18N6O2S2/c1-12-7-13(2)9-14(8-12)22-18(28)23-19-24-25-20(30-19)29-11-15-10-17(27)26-6-4-3-5-16(26)21-15/h3-10H,11H2,1-2H3,(H2,22,23,24,28). The van der Waals surface area contributed by atoms with Gasteiger partial charge in [0.15, 0.2) is 4.34 Å².